The summed E-state index contributed by atoms with van der Waals surface area (Å²) in [4.78, 5) is 27.9. The first kappa shape index (κ1) is 18.5. The molecule has 0 fully saturated rings. The first-order valence-electron chi connectivity index (χ1n) is 8.34. The predicted molar refractivity (Wildman–Crippen MR) is 96.5 cm³/mol. The standard InChI is InChI=1S/C21H18FNO4/c1-27-18-6-10-21(20(25)26,15-7-11-23-12-8-15)19(17(18)9-13-24)14-2-4-16(22)5-3-14/h2-8,10-13,19H,9H2,1H3,(H,25,26). The molecule has 0 saturated heterocycles. The van der Waals surface area contributed by atoms with Crippen molar-refractivity contribution in [2.75, 3.05) is 7.11 Å². The molecule has 1 aromatic carbocycles. The van der Waals surface area contributed by atoms with Crippen molar-refractivity contribution in [3.63, 3.8) is 0 Å². The average molecular weight is 367 g/mol. The van der Waals surface area contributed by atoms with Gasteiger partial charge in [-0.3, -0.25) is 9.78 Å². The minimum atomic E-state index is -1.48. The molecule has 2 unspecified atom stereocenters. The summed E-state index contributed by atoms with van der Waals surface area (Å²) in [5.41, 5.74) is 0.127. The Bertz CT molecular complexity index is 906. The molecule has 6 heteroatoms. The number of carbonyl (C=O) groups is 2. The van der Waals surface area contributed by atoms with E-state index in [1.54, 1.807) is 24.3 Å². The Morgan fingerprint density at radius 3 is 2.48 bits per heavy atom. The number of rotatable bonds is 6. The maximum atomic E-state index is 13.5. The summed E-state index contributed by atoms with van der Waals surface area (Å²) < 4.78 is 18.9. The van der Waals surface area contributed by atoms with E-state index in [1.165, 1.54) is 43.8 Å². The molecule has 0 radical (unpaired) electrons. The van der Waals surface area contributed by atoms with Crippen LogP contribution in [0.5, 0.6) is 0 Å². The van der Waals surface area contributed by atoms with Crippen molar-refractivity contribution in [3.05, 3.63) is 89.2 Å². The number of pyridine rings is 1. The van der Waals surface area contributed by atoms with Crippen LogP contribution in [0, 0.1) is 5.82 Å². The topological polar surface area (TPSA) is 76.5 Å². The van der Waals surface area contributed by atoms with Crippen LogP contribution in [0.25, 0.3) is 0 Å². The lowest BCUT2D eigenvalue weighted by Crippen LogP contribution is -2.43. The summed E-state index contributed by atoms with van der Waals surface area (Å²) in [6, 6.07) is 8.89. The molecule has 3 rings (SSSR count). The fraction of sp³-hybridized carbons (Fsp3) is 0.190. The minimum absolute atomic E-state index is 0.00430. The number of aromatic nitrogens is 1. The number of nitrogens with zero attached hydrogens (tertiary/aromatic N) is 1. The van der Waals surface area contributed by atoms with Crippen LogP contribution in [0.2, 0.25) is 0 Å². The zero-order valence-corrected chi connectivity index (χ0v) is 14.6. The van der Waals surface area contributed by atoms with Gasteiger partial charge in [0, 0.05) is 24.7 Å². The van der Waals surface area contributed by atoms with Crippen LogP contribution in [-0.2, 0) is 19.7 Å². The van der Waals surface area contributed by atoms with Crippen molar-refractivity contribution < 1.29 is 23.8 Å². The highest BCUT2D eigenvalue weighted by Crippen LogP contribution is 2.49. The summed E-state index contributed by atoms with van der Waals surface area (Å²) in [6.45, 7) is 0. The Morgan fingerprint density at radius 1 is 1.26 bits per heavy atom. The normalized spacial score (nSPS) is 21.8. The molecular weight excluding hydrogens is 349 g/mol. The monoisotopic (exact) mass is 367 g/mol. The van der Waals surface area contributed by atoms with E-state index in [0.29, 0.717) is 28.7 Å². The molecule has 2 aromatic rings. The van der Waals surface area contributed by atoms with Gasteiger partial charge in [0.05, 0.1) is 7.11 Å². The highest BCUT2D eigenvalue weighted by Gasteiger charge is 2.50. The van der Waals surface area contributed by atoms with Crippen LogP contribution >= 0.6 is 0 Å². The number of carboxylic acid groups (broad SMARTS) is 1. The van der Waals surface area contributed by atoms with Crippen molar-refractivity contribution in [2.24, 2.45) is 0 Å². The molecule has 27 heavy (non-hydrogen) atoms. The van der Waals surface area contributed by atoms with E-state index in [-0.39, 0.29) is 6.42 Å². The van der Waals surface area contributed by atoms with E-state index >= 15 is 0 Å². The third-order valence-corrected chi connectivity index (χ3v) is 4.86. The first-order valence-corrected chi connectivity index (χ1v) is 8.34. The van der Waals surface area contributed by atoms with E-state index in [9.17, 15) is 19.1 Å². The molecule has 1 aliphatic rings. The van der Waals surface area contributed by atoms with Gasteiger partial charge in [-0.1, -0.05) is 18.2 Å². The summed E-state index contributed by atoms with van der Waals surface area (Å²) >= 11 is 0. The smallest absolute Gasteiger partial charge is 0.319 e. The van der Waals surface area contributed by atoms with Gasteiger partial charge in [-0.05, 0) is 47.0 Å². The number of ether oxygens (including phenoxy) is 1. The Kier molecular flexibility index (Phi) is 5.16. The summed E-state index contributed by atoms with van der Waals surface area (Å²) in [7, 11) is 1.46. The lowest BCUT2D eigenvalue weighted by atomic mass is 9.62. The number of carbonyl (C=O) groups excluding carboxylic acids is 1. The van der Waals surface area contributed by atoms with Gasteiger partial charge in [0.25, 0.3) is 0 Å². The van der Waals surface area contributed by atoms with Crippen molar-refractivity contribution in [2.45, 2.75) is 17.8 Å². The highest BCUT2D eigenvalue weighted by molar-refractivity contribution is 5.88. The maximum absolute atomic E-state index is 13.5. The second-order valence-corrected chi connectivity index (χ2v) is 6.19. The molecule has 0 saturated carbocycles. The molecule has 1 aliphatic carbocycles. The number of hydrogen-bond donors (Lipinski definition) is 1. The van der Waals surface area contributed by atoms with Gasteiger partial charge in [0.1, 0.15) is 23.3 Å². The van der Waals surface area contributed by atoms with Crippen LogP contribution in [0.1, 0.15) is 23.5 Å². The van der Waals surface area contributed by atoms with Gasteiger partial charge in [0.2, 0.25) is 0 Å². The van der Waals surface area contributed by atoms with Gasteiger partial charge in [-0.2, -0.15) is 0 Å². The summed E-state index contributed by atoms with van der Waals surface area (Å²) in [5, 5.41) is 10.3. The highest BCUT2D eigenvalue weighted by atomic mass is 19.1. The van der Waals surface area contributed by atoms with E-state index in [2.05, 4.69) is 4.98 Å². The molecule has 0 aliphatic heterocycles. The number of halogens is 1. The van der Waals surface area contributed by atoms with Gasteiger partial charge in [-0.15, -0.1) is 0 Å². The number of aldehydes is 1. The minimum Gasteiger partial charge on any atom is -0.497 e. The number of allylic oxidation sites excluding steroid dienone is 2. The van der Waals surface area contributed by atoms with Crippen molar-refractivity contribution >= 4 is 12.3 Å². The van der Waals surface area contributed by atoms with E-state index in [1.807, 2.05) is 0 Å². The molecule has 0 bridgehead atoms. The molecule has 1 aromatic heterocycles. The second kappa shape index (κ2) is 7.53. The fourth-order valence-corrected chi connectivity index (χ4v) is 3.66. The lowest BCUT2D eigenvalue weighted by Gasteiger charge is -2.39. The maximum Gasteiger partial charge on any atom is 0.319 e. The largest absolute Gasteiger partial charge is 0.497 e. The van der Waals surface area contributed by atoms with Crippen LogP contribution in [0.3, 0.4) is 0 Å². The fourth-order valence-electron chi connectivity index (χ4n) is 3.66. The van der Waals surface area contributed by atoms with Crippen molar-refractivity contribution in [3.8, 4) is 0 Å². The van der Waals surface area contributed by atoms with E-state index in [0.717, 1.165) is 0 Å². The Morgan fingerprint density at radius 2 is 1.93 bits per heavy atom. The van der Waals surface area contributed by atoms with Crippen LogP contribution in [-0.4, -0.2) is 29.5 Å². The molecule has 1 heterocycles. The van der Waals surface area contributed by atoms with Crippen molar-refractivity contribution in [1.29, 1.82) is 0 Å². The molecule has 2 atom stereocenters. The molecular formula is C21H18FNO4. The lowest BCUT2D eigenvalue weighted by molar-refractivity contribution is -0.142. The molecule has 0 spiro atoms. The van der Waals surface area contributed by atoms with Gasteiger partial charge >= 0.3 is 5.97 Å². The first-order chi connectivity index (χ1) is 13.0. The number of carboxylic acids is 1. The Balaban J connectivity index is 2.33. The zero-order valence-electron chi connectivity index (χ0n) is 14.6. The predicted octanol–water partition coefficient (Wildman–Crippen LogP) is 3.39. The number of methoxy groups -OCH3 is 1. The van der Waals surface area contributed by atoms with Gasteiger partial charge in [-0.25, -0.2) is 4.39 Å². The zero-order chi connectivity index (χ0) is 19.4. The quantitative estimate of drug-likeness (QED) is 0.792. The molecule has 1 N–H and O–H groups in total. The van der Waals surface area contributed by atoms with Crippen LogP contribution in [0.15, 0.2) is 72.3 Å². The Labute approximate surface area is 155 Å². The summed E-state index contributed by atoms with van der Waals surface area (Å²) in [5.74, 6) is -1.83. The third-order valence-electron chi connectivity index (χ3n) is 4.86. The molecule has 138 valence electrons. The van der Waals surface area contributed by atoms with Crippen LogP contribution in [0.4, 0.5) is 4.39 Å². The number of hydrogen-bond acceptors (Lipinski definition) is 4. The van der Waals surface area contributed by atoms with Crippen LogP contribution < -0.4 is 0 Å². The van der Waals surface area contributed by atoms with Crippen molar-refractivity contribution in [1.82, 2.24) is 4.98 Å². The molecule has 0 amide bonds. The number of aliphatic carboxylic acids is 1. The van der Waals surface area contributed by atoms with E-state index in [4.69, 9.17) is 4.74 Å². The average Bonchev–Trinajstić information content (AvgIpc) is 2.69. The SMILES string of the molecule is COC1=C(CC=O)C(c2ccc(F)cc2)C(C(=O)O)(c2ccncc2)C=C1. The number of benzene rings is 1. The second-order valence-electron chi connectivity index (χ2n) is 6.19. The third kappa shape index (κ3) is 3.14. The molecule has 5 nitrogen and oxygen atoms in total. The Hall–Kier alpha value is -3.28. The summed E-state index contributed by atoms with van der Waals surface area (Å²) in [6.07, 6.45) is 6.88. The van der Waals surface area contributed by atoms with Gasteiger partial charge < -0.3 is 14.6 Å². The van der Waals surface area contributed by atoms with E-state index < -0.39 is 23.1 Å². The van der Waals surface area contributed by atoms with Gasteiger partial charge in [0.15, 0.2) is 0 Å².